The van der Waals surface area contributed by atoms with Crippen LogP contribution in [0.5, 0.6) is 0 Å². The molecule has 1 atom stereocenters. The van der Waals surface area contributed by atoms with Crippen LogP contribution in [0.2, 0.25) is 0 Å². The van der Waals surface area contributed by atoms with Gasteiger partial charge in [0.2, 0.25) is 0 Å². The van der Waals surface area contributed by atoms with E-state index in [0.717, 1.165) is 30.1 Å². The summed E-state index contributed by atoms with van der Waals surface area (Å²) in [4.78, 5) is 22.9. The molecule has 0 aromatic rings. The van der Waals surface area contributed by atoms with Crippen LogP contribution in [0, 0.1) is 29.6 Å². The molecule has 108 valence electrons. The summed E-state index contributed by atoms with van der Waals surface area (Å²) in [6.45, 7) is 2.19. The number of carbonyl (C=O) groups excluding carboxylic acids is 2. The highest BCUT2D eigenvalue weighted by Crippen LogP contribution is 2.57. The Kier molecular flexibility index (Phi) is 2.80. The van der Waals surface area contributed by atoms with Gasteiger partial charge in [0.1, 0.15) is 0 Å². The van der Waals surface area contributed by atoms with E-state index in [1.54, 1.807) is 5.57 Å². The van der Waals surface area contributed by atoms with Crippen LogP contribution < -0.4 is 0 Å². The summed E-state index contributed by atoms with van der Waals surface area (Å²) in [6, 6.07) is 0. The topological polar surface area (TPSA) is 43.4 Å². The molecule has 1 aliphatic heterocycles. The van der Waals surface area contributed by atoms with Crippen molar-refractivity contribution in [2.24, 2.45) is 29.6 Å². The average molecular weight is 274 g/mol. The second-order valence-corrected chi connectivity index (χ2v) is 7.44. The Labute approximate surface area is 119 Å². The third kappa shape index (κ3) is 1.94. The zero-order valence-electron chi connectivity index (χ0n) is 12.1. The molecule has 5 fully saturated rings. The molecular weight excluding hydrogens is 252 g/mol. The maximum absolute atomic E-state index is 11.6. The summed E-state index contributed by atoms with van der Waals surface area (Å²) in [5.41, 5.74) is 3.04. The molecule has 1 saturated heterocycles. The molecule has 4 aliphatic carbocycles. The normalized spacial score (nSPS) is 42.2. The van der Waals surface area contributed by atoms with Gasteiger partial charge in [0, 0.05) is 0 Å². The van der Waals surface area contributed by atoms with Crippen LogP contribution in [0.3, 0.4) is 0 Å². The summed E-state index contributed by atoms with van der Waals surface area (Å²) in [6.07, 6.45) is 7.96. The van der Waals surface area contributed by atoms with Crippen molar-refractivity contribution in [1.82, 2.24) is 0 Å². The van der Waals surface area contributed by atoms with Gasteiger partial charge in [0.25, 0.3) is 0 Å². The Hall–Kier alpha value is -1.12. The Morgan fingerprint density at radius 3 is 2.15 bits per heavy atom. The molecule has 3 nitrogen and oxygen atoms in total. The maximum Gasteiger partial charge on any atom is 0.317 e. The van der Waals surface area contributed by atoms with Crippen molar-refractivity contribution in [2.75, 3.05) is 0 Å². The van der Waals surface area contributed by atoms with Crippen molar-refractivity contribution < 1.29 is 14.3 Å². The van der Waals surface area contributed by atoms with Crippen LogP contribution >= 0.6 is 0 Å². The van der Waals surface area contributed by atoms with Crippen molar-refractivity contribution in [3.8, 4) is 0 Å². The van der Waals surface area contributed by atoms with Crippen molar-refractivity contribution >= 4 is 11.9 Å². The lowest BCUT2D eigenvalue weighted by atomic mass is 9.53. The first-order valence-corrected chi connectivity index (χ1v) is 8.04. The first kappa shape index (κ1) is 12.6. The van der Waals surface area contributed by atoms with Crippen LogP contribution in [0.15, 0.2) is 11.1 Å². The van der Waals surface area contributed by atoms with Crippen molar-refractivity contribution in [2.45, 2.75) is 51.9 Å². The molecule has 4 saturated carbocycles. The summed E-state index contributed by atoms with van der Waals surface area (Å²) in [5, 5.41) is 0. The van der Waals surface area contributed by atoms with E-state index in [1.165, 1.54) is 37.7 Å². The van der Waals surface area contributed by atoms with Gasteiger partial charge < -0.3 is 4.74 Å². The lowest BCUT2D eigenvalue weighted by Crippen LogP contribution is -2.40. The van der Waals surface area contributed by atoms with Crippen molar-refractivity contribution in [3.05, 3.63) is 11.1 Å². The molecule has 0 N–H and O–H groups in total. The molecule has 3 heteroatoms. The van der Waals surface area contributed by atoms with Gasteiger partial charge in [-0.05, 0) is 69.1 Å². The Morgan fingerprint density at radius 2 is 1.65 bits per heavy atom. The Morgan fingerprint density at radius 1 is 1.05 bits per heavy atom. The molecule has 1 unspecified atom stereocenters. The second kappa shape index (κ2) is 4.44. The van der Waals surface area contributed by atoms with Gasteiger partial charge >= 0.3 is 11.9 Å². The van der Waals surface area contributed by atoms with E-state index in [1.807, 2.05) is 0 Å². The fourth-order valence-electron chi connectivity index (χ4n) is 5.55. The van der Waals surface area contributed by atoms with E-state index >= 15 is 0 Å². The first-order valence-electron chi connectivity index (χ1n) is 8.04. The van der Waals surface area contributed by atoms with Crippen LogP contribution in [-0.4, -0.2) is 11.9 Å². The van der Waals surface area contributed by atoms with E-state index in [4.69, 9.17) is 0 Å². The SMILES string of the molecule is CC(CC1CC(=O)OC1=O)=C1C2CC3CC(C2)CC1C3. The van der Waals surface area contributed by atoms with Gasteiger partial charge in [0.15, 0.2) is 0 Å². The molecule has 1 heterocycles. The van der Waals surface area contributed by atoms with E-state index < -0.39 is 0 Å². The predicted molar refractivity (Wildman–Crippen MR) is 73.6 cm³/mol. The van der Waals surface area contributed by atoms with E-state index in [2.05, 4.69) is 11.7 Å². The van der Waals surface area contributed by atoms with Crippen molar-refractivity contribution in [3.63, 3.8) is 0 Å². The molecule has 0 aromatic heterocycles. The van der Waals surface area contributed by atoms with Gasteiger partial charge in [-0.3, -0.25) is 9.59 Å². The highest BCUT2D eigenvalue weighted by molar-refractivity contribution is 5.94. The molecule has 20 heavy (non-hydrogen) atoms. The Balaban J connectivity index is 1.56. The number of rotatable bonds is 2. The molecule has 0 radical (unpaired) electrons. The quantitative estimate of drug-likeness (QED) is 0.441. The zero-order chi connectivity index (χ0) is 13.9. The maximum atomic E-state index is 11.6. The minimum Gasteiger partial charge on any atom is -0.393 e. The first-order chi connectivity index (χ1) is 9.60. The van der Waals surface area contributed by atoms with Gasteiger partial charge in [-0.1, -0.05) is 11.1 Å². The molecule has 0 amide bonds. The minimum atomic E-state index is -0.345. The van der Waals surface area contributed by atoms with Crippen LogP contribution in [0.4, 0.5) is 0 Å². The summed E-state index contributed by atoms with van der Waals surface area (Å²) in [5.74, 6) is 2.62. The van der Waals surface area contributed by atoms with Gasteiger partial charge in [-0.2, -0.15) is 0 Å². The largest absolute Gasteiger partial charge is 0.393 e. The molecule has 4 bridgehead atoms. The fourth-order valence-corrected chi connectivity index (χ4v) is 5.55. The number of esters is 2. The van der Waals surface area contributed by atoms with Crippen LogP contribution in [0.1, 0.15) is 51.9 Å². The highest BCUT2D eigenvalue weighted by atomic mass is 16.6. The third-order valence-corrected chi connectivity index (χ3v) is 6.02. The number of hydrogen-bond acceptors (Lipinski definition) is 3. The smallest absolute Gasteiger partial charge is 0.317 e. The molecular formula is C17H22O3. The lowest BCUT2D eigenvalue weighted by Gasteiger charge is -2.52. The molecule has 0 spiro atoms. The second-order valence-electron chi connectivity index (χ2n) is 7.44. The number of allylic oxidation sites excluding steroid dienone is 2. The number of ether oxygens (including phenoxy) is 1. The molecule has 5 aliphatic rings. The standard InChI is InChI=1S/C17H22O3/c1-9(2-14-8-15(18)20-17(14)19)16-12-4-10-3-11(6-12)7-13(16)5-10/h10-14H,2-8H2,1H3. The minimum absolute atomic E-state index is 0.216. The lowest BCUT2D eigenvalue weighted by molar-refractivity contribution is -0.153. The van der Waals surface area contributed by atoms with Crippen molar-refractivity contribution in [1.29, 1.82) is 0 Å². The number of cyclic esters (lactones) is 2. The van der Waals surface area contributed by atoms with Gasteiger partial charge in [0.05, 0.1) is 12.3 Å². The summed E-state index contributed by atoms with van der Waals surface area (Å²) < 4.78 is 4.68. The molecule has 5 rings (SSSR count). The summed E-state index contributed by atoms with van der Waals surface area (Å²) in [7, 11) is 0. The number of hydrogen-bond donors (Lipinski definition) is 0. The van der Waals surface area contributed by atoms with Crippen LogP contribution in [0.25, 0.3) is 0 Å². The zero-order valence-corrected chi connectivity index (χ0v) is 12.1. The highest BCUT2D eigenvalue weighted by Gasteiger charge is 2.46. The number of carbonyl (C=O) groups is 2. The van der Waals surface area contributed by atoms with E-state index in [9.17, 15) is 9.59 Å². The van der Waals surface area contributed by atoms with E-state index in [-0.39, 0.29) is 24.3 Å². The summed E-state index contributed by atoms with van der Waals surface area (Å²) >= 11 is 0. The van der Waals surface area contributed by atoms with Gasteiger partial charge in [-0.25, -0.2) is 0 Å². The Bertz CT molecular complexity index is 472. The average Bonchev–Trinajstić information content (AvgIpc) is 2.66. The third-order valence-electron chi connectivity index (χ3n) is 6.02. The monoisotopic (exact) mass is 274 g/mol. The molecule has 0 aromatic carbocycles. The van der Waals surface area contributed by atoms with Gasteiger partial charge in [-0.15, -0.1) is 0 Å². The van der Waals surface area contributed by atoms with Crippen LogP contribution in [-0.2, 0) is 14.3 Å². The van der Waals surface area contributed by atoms with E-state index in [0.29, 0.717) is 0 Å². The fraction of sp³-hybridized carbons (Fsp3) is 0.765. The predicted octanol–water partition coefficient (Wildman–Crippen LogP) is 3.24.